The zero-order chi connectivity index (χ0) is 29.4. The standard InChI is InChI=1S/C29H38N4O6S/c1-29(2,3)20-15-22(26(39-5)23(16-20)31-40(6,37)38)30-27(35)24-14-19-8-7-9-21(25(19)32(24)4)28(36)33-12-10-18(17-34)11-13-33/h7-9,14-16,18,31,34H,10-13,17H2,1-6H3,(H,30,35). The monoisotopic (exact) mass is 570 g/mol. The van der Waals surface area contributed by atoms with Crippen molar-refractivity contribution in [3.8, 4) is 5.75 Å². The van der Waals surface area contributed by atoms with Crippen LogP contribution in [0.4, 0.5) is 11.4 Å². The van der Waals surface area contributed by atoms with Crippen LogP contribution in [0.25, 0.3) is 10.9 Å². The van der Waals surface area contributed by atoms with Gasteiger partial charge in [-0.15, -0.1) is 0 Å². The van der Waals surface area contributed by atoms with Crippen LogP contribution >= 0.6 is 0 Å². The van der Waals surface area contributed by atoms with Gasteiger partial charge in [0.1, 0.15) is 5.69 Å². The minimum atomic E-state index is -3.62. The third kappa shape index (κ3) is 6.10. The van der Waals surface area contributed by atoms with Crippen LogP contribution in [0.15, 0.2) is 36.4 Å². The number of carbonyl (C=O) groups is 2. The SMILES string of the molecule is COc1c(NC(=O)c2cc3cccc(C(=O)N4CCC(CO)CC4)c3n2C)cc(C(C)(C)C)cc1NS(C)(=O)=O. The Bertz CT molecular complexity index is 1550. The van der Waals surface area contributed by atoms with Crippen molar-refractivity contribution in [1.82, 2.24) is 9.47 Å². The molecule has 216 valence electrons. The fourth-order valence-corrected chi connectivity index (χ4v) is 5.68. The summed E-state index contributed by atoms with van der Waals surface area (Å²) in [5.74, 6) is -0.137. The van der Waals surface area contributed by atoms with Crippen molar-refractivity contribution in [3.05, 3.63) is 53.2 Å². The minimum Gasteiger partial charge on any atom is -0.492 e. The Morgan fingerprint density at radius 2 is 1.75 bits per heavy atom. The average molecular weight is 571 g/mol. The van der Waals surface area contributed by atoms with E-state index in [0.29, 0.717) is 35.6 Å². The van der Waals surface area contributed by atoms with Crippen molar-refractivity contribution >= 4 is 44.1 Å². The summed E-state index contributed by atoms with van der Waals surface area (Å²) in [6, 6.07) is 10.6. The quantitative estimate of drug-likeness (QED) is 0.394. The molecule has 11 heteroatoms. The number of aliphatic hydroxyl groups excluding tert-OH is 1. The predicted octanol–water partition coefficient (Wildman–Crippen LogP) is 3.95. The van der Waals surface area contributed by atoms with Crippen molar-refractivity contribution in [1.29, 1.82) is 0 Å². The zero-order valence-electron chi connectivity index (χ0n) is 23.9. The lowest BCUT2D eigenvalue weighted by Crippen LogP contribution is -2.39. The summed E-state index contributed by atoms with van der Waals surface area (Å²) in [6.45, 7) is 7.24. The van der Waals surface area contributed by atoms with E-state index in [2.05, 4.69) is 10.0 Å². The van der Waals surface area contributed by atoms with Crippen LogP contribution in [-0.4, -0.2) is 67.9 Å². The maximum absolute atomic E-state index is 13.6. The Hall–Kier alpha value is -3.57. The summed E-state index contributed by atoms with van der Waals surface area (Å²) >= 11 is 0. The smallest absolute Gasteiger partial charge is 0.272 e. The summed E-state index contributed by atoms with van der Waals surface area (Å²) in [5.41, 5.74) is 2.48. The lowest BCUT2D eigenvalue weighted by Gasteiger charge is -2.31. The lowest BCUT2D eigenvalue weighted by atomic mass is 9.86. The Labute approximate surface area is 235 Å². The van der Waals surface area contributed by atoms with Crippen molar-refractivity contribution in [2.45, 2.75) is 39.0 Å². The van der Waals surface area contributed by atoms with Crippen molar-refractivity contribution in [3.63, 3.8) is 0 Å². The molecule has 4 rings (SSSR count). The number of carbonyl (C=O) groups excluding carboxylic acids is 2. The van der Waals surface area contributed by atoms with Gasteiger partial charge in [-0.3, -0.25) is 14.3 Å². The molecule has 1 aromatic heterocycles. The third-order valence-electron chi connectivity index (χ3n) is 7.38. The first-order chi connectivity index (χ1) is 18.7. The molecule has 0 aliphatic carbocycles. The number of methoxy groups -OCH3 is 1. The second-order valence-electron chi connectivity index (χ2n) is 11.4. The van der Waals surface area contributed by atoms with Crippen LogP contribution in [0.5, 0.6) is 5.75 Å². The van der Waals surface area contributed by atoms with Gasteiger partial charge < -0.3 is 24.6 Å². The summed E-state index contributed by atoms with van der Waals surface area (Å²) in [4.78, 5) is 28.9. The second kappa shape index (κ2) is 11.1. The molecule has 1 saturated heterocycles. The Morgan fingerprint density at radius 3 is 2.33 bits per heavy atom. The molecule has 0 atom stereocenters. The van der Waals surface area contributed by atoms with Gasteiger partial charge in [0.25, 0.3) is 11.8 Å². The number of aliphatic hydroxyl groups is 1. The first kappa shape index (κ1) is 29.4. The van der Waals surface area contributed by atoms with Crippen molar-refractivity contribution in [2.24, 2.45) is 13.0 Å². The first-order valence-corrected chi connectivity index (χ1v) is 15.1. The molecule has 10 nitrogen and oxygen atoms in total. The number of amides is 2. The number of para-hydroxylation sites is 1. The largest absolute Gasteiger partial charge is 0.492 e. The van der Waals surface area contributed by atoms with Crippen LogP contribution in [0, 0.1) is 5.92 Å². The highest BCUT2D eigenvalue weighted by Gasteiger charge is 2.27. The van der Waals surface area contributed by atoms with E-state index < -0.39 is 15.9 Å². The number of aryl methyl sites for hydroxylation is 1. The van der Waals surface area contributed by atoms with E-state index in [0.717, 1.165) is 30.0 Å². The molecule has 0 saturated carbocycles. The average Bonchev–Trinajstić information content (AvgIpc) is 3.23. The normalized spacial score (nSPS) is 14.8. The number of nitrogens with zero attached hydrogens (tertiary/aromatic N) is 2. The number of sulfonamides is 1. The first-order valence-electron chi connectivity index (χ1n) is 13.2. The molecule has 3 N–H and O–H groups in total. The van der Waals surface area contributed by atoms with Gasteiger partial charge in [-0.2, -0.15) is 0 Å². The second-order valence-corrected chi connectivity index (χ2v) is 13.2. The van der Waals surface area contributed by atoms with Gasteiger partial charge in [-0.05, 0) is 54.0 Å². The molecule has 1 fully saturated rings. The van der Waals surface area contributed by atoms with Gasteiger partial charge in [0, 0.05) is 32.1 Å². The number of nitrogens with one attached hydrogen (secondary N) is 2. The number of ether oxygens (including phenoxy) is 1. The maximum Gasteiger partial charge on any atom is 0.272 e. The third-order valence-corrected chi connectivity index (χ3v) is 7.97. The number of fused-ring (bicyclic) bond motifs is 1. The number of hydrogen-bond donors (Lipinski definition) is 3. The fourth-order valence-electron chi connectivity index (χ4n) is 5.13. The molecule has 3 aromatic rings. The van der Waals surface area contributed by atoms with E-state index in [1.165, 1.54) is 7.11 Å². The molecule has 1 aliphatic heterocycles. The molecule has 0 unspecified atom stereocenters. The molecule has 40 heavy (non-hydrogen) atoms. The van der Waals surface area contributed by atoms with Crippen molar-refractivity contribution < 1.29 is 27.9 Å². The fraction of sp³-hybridized carbons (Fsp3) is 0.448. The highest BCUT2D eigenvalue weighted by Crippen LogP contribution is 2.39. The zero-order valence-corrected chi connectivity index (χ0v) is 24.7. The number of piperidine rings is 1. The number of benzene rings is 2. The van der Waals surface area contributed by atoms with E-state index in [1.54, 1.807) is 46.8 Å². The number of likely N-dealkylation sites (tertiary alicyclic amines) is 1. The van der Waals surface area contributed by atoms with Gasteiger partial charge >= 0.3 is 0 Å². The maximum atomic E-state index is 13.6. The molecule has 0 spiro atoms. The molecule has 0 radical (unpaired) electrons. The van der Waals surface area contributed by atoms with E-state index >= 15 is 0 Å². The van der Waals surface area contributed by atoms with Gasteiger partial charge in [-0.25, -0.2) is 8.42 Å². The number of hydrogen-bond acceptors (Lipinski definition) is 6. The molecule has 2 heterocycles. The molecule has 0 bridgehead atoms. The number of aromatic nitrogens is 1. The molecular weight excluding hydrogens is 532 g/mol. The van der Waals surface area contributed by atoms with Crippen molar-refractivity contribution in [2.75, 3.05) is 43.1 Å². The van der Waals surface area contributed by atoms with E-state index in [4.69, 9.17) is 4.74 Å². The lowest BCUT2D eigenvalue weighted by molar-refractivity contribution is 0.0652. The van der Waals surface area contributed by atoms with Gasteiger partial charge in [-0.1, -0.05) is 32.9 Å². The highest BCUT2D eigenvalue weighted by atomic mass is 32.2. The van der Waals surface area contributed by atoms with Crippen LogP contribution in [0.3, 0.4) is 0 Å². The highest BCUT2D eigenvalue weighted by molar-refractivity contribution is 7.92. The van der Waals surface area contributed by atoms with Crippen LogP contribution in [-0.2, 0) is 22.5 Å². The summed E-state index contributed by atoms with van der Waals surface area (Å²) in [7, 11) is -0.464. The van der Waals surface area contributed by atoms with Gasteiger partial charge in [0.05, 0.1) is 35.8 Å². The summed E-state index contributed by atoms with van der Waals surface area (Å²) < 4.78 is 33.9. The molecule has 2 aromatic carbocycles. The Kier molecular flexibility index (Phi) is 8.18. The molecule has 1 aliphatic rings. The van der Waals surface area contributed by atoms with Gasteiger partial charge in [0.2, 0.25) is 10.0 Å². The summed E-state index contributed by atoms with van der Waals surface area (Å²) in [5, 5.41) is 13.1. The van der Waals surface area contributed by atoms with E-state index in [9.17, 15) is 23.1 Å². The minimum absolute atomic E-state index is 0.105. The topological polar surface area (TPSA) is 130 Å². The van der Waals surface area contributed by atoms with Gasteiger partial charge in [0.15, 0.2) is 5.75 Å². The number of rotatable bonds is 7. The van der Waals surface area contributed by atoms with Crippen LogP contribution in [0.2, 0.25) is 0 Å². The van der Waals surface area contributed by atoms with E-state index in [1.807, 2.05) is 26.8 Å². The number of anilines is 2. The van der Waals surface area contributed by atoms with E-state index in [-0.39, 0.29) is 35.3 Å². The summed E-state index contributed by atoms with van der Waals surface area (Å²) in [6.07, 6.45) is 2.56. The predicted molar refractivity (Wildman–Crippen MR) is 157 cm³/mol. The Balaban J connectivity index is 1.71. The van der Waals surface area contributed by atoms with Crippen LogP contribution in [0.1, 0.15) is 60.0 Å². The van der Waals surface area contributed by atoms with Crippen LogP contribution < -0.4 is 14.8 Å². The molecule has 2 amide bonds. The Morgan fingerprint density at radius 1 is 1.10 bits per heavy atom. The molecular formula is C29H38N4O6S.